The fraction of sp³-hybridized carbons (Fsp3) is 0.0455. The van der Waals surface area contributed by atoms with Crippen molar-refractivity contribution in [3.63, 3.8) is 0 Å². The third-order valence-electron chi connectivity index (χ3n) is 4.46. The predicted octanol–water partition coefficient (Wildman–Crippen LogP) is 4.21. The molecule has 0 spiro atoms. The number of nitrogens with two attached hydrogens (primary N) is 1. The number of fused-ring (bicyclic) bond motifs is 1. The zero-order valence-corrected chi connectivity index (χ0v) is 14.8. The van der Waals surface area contributed by atoms with Crippen LogP contribution < -0.4 is 21.1 Å². The molecule has 0 unspecified atom stereocenters. The number of nitrogens with one attached hydrogen (secondary N) is 2. The van der Waals surface area contributed by atoms with E-state index in [0.29, 0.717) is 11.3 Å². The molecular formula is C22H19N3O2. The average molecular weight is 357 g/mol. The molecule has 0 saturated carbocycles. The van der Waals surface area contributed by atoms with E-state index in [0.717, 1.165) is 33.9 Å². The zero-order chi connectivity index (χ0) is 18.8. The molecule has 0 radical (unpaired) electrons. The van der Waals surface area contributed by atoms with Gasteiger partial charge < -0.3 is 21.1 Å². The highest BCUT2D eigenvalue weighted by Crippen LogP contribution is 2.38. The van der Waals surface area contributed by atoms with Crippen molar-refractivity contribution < 1.29 is 9.53 Å². The average Bonchev–Trinajstić information content (AvgIpc) is 3.02. The lowest BCUT2D eigenvalue weighted by Gasteiger charge is -2.15. The van der Waals surface area contributed by atoms with Gasteiger partial charge in [0.05, 0.1) is 18.4 Å². The van der Waals surface area contributed by atoms with Crippen LogP contribution in [0.3, 0.4) is 0 Å². The molecule has 27 heavy (non-hydrogen) atoms. The van der Waals surface area contributed by atoms with Crippen molar-refractivity contribution in [2.45, 2.75) is 0 Å². The zero-order valence-electron chi connectivity index (χ0n) is 14.8. The molecule has 1 amide bonds. The maximum atomic E-state index is 12.8. The second kappa shape index (κ2) is 6.88. The summed E-state index contributed by atoms with van der Waals surface area (Å²) < 4.78 is 5.22. The van der Waals surface area contributed by atoms with Gasteiger partial charge in [0.2, 0.25) is 0 Å². The minimum absolute atomic E-state index is 0.157. The Bertz CT molecular complexity index is 1030. The van der Waals surface area contributed by atoms with Gasteiger partial charge in [-0.3, -0.25) is 4.79 Å². The van der Waals surface area contributed by atoms with Gasteiger partial charge >= 0.3 is 0 Å². The molecule has 0 fully saturated rings. The van der Waals surface area contributed by atoms with Crippen molar-refractivity contribution in [2.75, 3.05) is 23.5 Å². The number of hydrogen-bond donors (Lipinski definition) is 3. The van der Waals surface area contributed by atoms with Crippen molar-refractivity contribution in [1.82, 2.24) is 0 Å². The summed E-state index contributed by atoms with van der Waals surface area (Å²) >= 11 is 0. The SMILES string of the molecule is COc1ccc(N/C(=C2\C(=O)Nc3ccc(N)cc32)c2ccccc2)cc1. The Morgan fingerprint density at radius 2 is 1.74 bits per heavy atom. The van der Waals surface area contributed by atoms with Gasteiger partial charge in [0.15, 0.2) is 0 Å². The van der Waals surface area contributed by atoms with Crippen LogP contribution >= 0.6 is 0 Å². The number of benzene rings is 3. The Hall–Kier alpha value is -3.73. The maximum absolute atomic E-state index is 12.8. The fourth-order valence-corrected chi connectivity index (χ4v) is 3.14. The number of rotatable bonds is 4. The Labute approximate surface area is 157 Å². The third-order valence-corrected chi connectivity index (χ3v) is 4.46. The molecule has 4 N–H and O–H groups in total. The fourth-order valence-electron chi connectivity index (χ4n) is 3.14. The van der Waals surface area contributed by atoms with E-state index in [1.54, 1.807) is 13.2 Å². The molecule has 1 aliphatic rings. The molecular weight excluding hydrogens is 338 g/mol. The summed E-state index contributed by atoms with van der Waals surface area (Å²) in [4.78, 5) is 12.8. The number of methoxy groups -OCH3 is 1. The van der Waals surface area contributed by atoms with Gasteiger partial charge in [-0.05, 0) is 48.0 Å². The summed E-state index contributed by atoms with van der Waals surface area (Å²) in [6.07, 6.45) is 0. The van der Waals surface area contributed by atoms with E-state index in [4.69, 9.17) is 10.5 Å². The number of carbonyl (C=O) groups is 1. The topological polar surface area (TPSA) is 76.4 Å². The van der Waals surface area contributed by atoms with Crippen LogP contribution in [0.2, 0.25) is 0 Å². The summed E-state index contributed by atoms with van der Waals surface area (Å²) in [6, 6.07) is 22.8. The van der Waals surface area contributed by atoms with Gasteiger partial charge in [0.1, 0.15) is 5.75 Å². The highest BCUT2D eigenvalue weighted by molar-refractivity contribution is 6.37. The van der Waals surface area contributed by atoms with Crippen molar-refractivity contribution in [3.05, 3.63) is 83.9 Å². The molecule has 0 aromatic heterocycles. The first-order chi connectivity index (χ1) is 13.2. The quantitative estimate of drug-likeness (QED) is 0.483. The van der Waals surface area contributed by atoms with E-state index in [1.165, 1.54) is 0 Å². The van der Waals surface area contributed by atoms with Gasteiger partial charge in [-0.25, -0.2) is 0 Å². The van der Waals surface area contributed by atoms with E-state index in [1.807, 2.05) is 66.7 Å². The summed E-state index contributed by atoms with van der Waals surface area (Å²) in [5.74, 6) is 0.613. The van der Waals surface area contributed by atoms with Crippen molar-refractivity contribution in [3.8, 4) is 5.75 Å². The van der Waals surface area contributed by atoms with Crippen molar-refractivity contribution in [2.24, 2.45) is 0 Å². The number of carbonyl (C=O) groups excluding carboxylic acids is 1. The number of anilines is 3. The van der Waals surface area contributed by atoms with Crippen LogP contribution in [0, 0.1) is 0 Å². The number of amides is 1. The number of hydrogen-bond acceptors (Lipinski definition) is 4. The molecule has 1 aliphatic heterocycles. The van der Waals surface area contributed by atoms with Gasteiger partial charge in [-0.2, -0.15) is 0 Å². The molecule has 134 valence electrons. The van der Waals surface area contributed by atoms with E-state index >= 15 is 0 Å². The lowest BCUT2D eigenvalue weighted by atomic mass is 9.99. The summed E-state index contributed by atoms with van der Waals surface area (Å²) in [5.41, 5.74) is 11.2. The van der Waals surface area contributed by atoms with Crippen LogP contribution in [-0.4, -0.2) is 13.0 Å². The number of nitrogen functional groups attached to an aromatic ring is 1. The van der Waals surface area contributed by atoms with E-state index in [-0.39, 0.29) is 5.91 Å². The summed E-state index contributed by atoms with van der Waals surface area (Å²) in [6.45, 7) is 0. The Balaban J connectivity index is 1.87. The normalized spacial score (nSPS) is 14.3. The maximum Gasteiger partial charge on any atom is 0.258 e. The van der Waals surface area contributed by atoms with Crippen molar-refractivity contribution >= 4 is 34.2 Å². The molecule has 5 heteroatoms. The van der Waals surface area contributed by atoms with Crippen LogP contribution in [0.15, 0.2) is 72.8 Å². The van der Waals surface area contributed by atoms with E-state index in [2.05, 4.69) is 10.6 Å². The second-order valence-corrected chi connectivity index (χ2v) is 6.23. The molecule has 0 bridgehead atoms. The minimum atomic E-state index is -0.157. The Kier molecular flexibility index (Phi) is 4.26. The minimum Gasteiger partial charge on any atom is -0.497 e. The van der Waals surface area contributed by atoms with Crippen LogP contribution in [0.5, 0.6) is 5.75 Å². The van der Waals surface area contributed by atoms with Gasteiger partial charge in [0.25, 0.3) is 5.91 Å². The summed E-state index contributed by atoms with van der Waals surface area (Å²) in [7, 11) is 1.63. The third kappa shape index (κ3) is 3.22. The molecule has 3 aromatic carbocycles. The first kappa shape index (κ1) is 16.7. The van der Waals surface area contributed by atoms with Gasteiger partial charge in [0, 0.05) is 22.6 Å². The smallest absolute Gasteiger partial charge is 0.258 e. The molecule has 0 saturated heterocycles. The first-order valence-electron chi connectivity index (χ1n) is 8.58. The highest BCUT2D eigenvalue weighted by atomic mass is 16.5. The van der Waals surface area contributed by atoms with E-state index < -0.39 is 0 Å². The molecule has 1 heterocycles. The van der Waals surface area contributed by atoms with Crippen LogP contribution in [0.1, 0.15) is 11.1 Å². The van der Waals surface area contributed by atoms with Crippen LogP contribution in [-0.2, 0) is 4.79 Å². The predicted molar refractivity (Wildman–Crippen MR) is 109 cm³/mol. The van der Waals surface area contributed by atoms with Crippen LogP contribution in [0.25, 0.3) is 11.3 Å². The van der Waals surface area contributed by atoms with Crippen molar-refractivity contribution in [1.29, 1.82) is 0 Å². The van der Waals surface area contributed by atoms with E-state index in [9.17, 15) is 4.79 Å². The molecule has 4 rings (SSSR count). The molecule has 5 nitrogen and oxygen atoms in total. The lowest BCUT2D eigenvalue weighted by molar-refractivity contribution is -0.110. The molecule has 3 aromatic rings. The first-order valence-corrected chi connectivity index (χ1v) is 8.58. The van der Waals surface area contributed by atoms with Gasteiger partial charge in [-0.1, -0.05) is 30.3 Å². The Morgan fingerprint density at radius 1 is 1.00 bits per heavy atom. The molecule has 0 atom stereocenters. The monoisotopic (exact) mass is 357 g/mol. The Morgan fingerprint density at radius 3 is 2.44 bits per heavy atom. The highest BCUT2D eigenvalue weighted by Gasteiger charge is 2.28. The van der Waals surface area contributed by atoms with Gasteiger partial charge in [-0.15, -0.1) is 0 Å². The molecule has 0 aliphatic carbocycles. The lowest BCUT2D eigenvalue weighted by Crippen LogP contribution is -2.10. The number of ether oxygens (including phenoxy) is 1. The largest absolute Gasteiger partial charge is 0.497 e. The second-order valence-electron chi connectivity index (χ2n) is 6.23. The summed E-state index contributed by atoms with van der Waals surface area (Å²) in [5, 5.41) is 6.32. The van der Waals surface area contributed by atoms with Crippen LogP contribution in [0.4, 0.5) is 17.1 Å². The standard InChI is InChI=1S/C22H19N3O2/c1-27-17-10-8-16(9-11-17)24-21(14-5-3-2-4-6-14)20-18-13-15(23)7-12-19(18)25-22(20)26/h2-13,24H,23H2,1H3,(H,25,26)/b21-20-.